The predicted octanol–water partition coefficient (Wildman–Crippen LogP) is 3.11. The van der Waals surface area contributed by atoms with Crippen LogP contribution in [0.1, 0.15) is 29.3 Å². The van der Waals surface area contributed by atoms with E-state index in [1.807, 2.05) is 42.8 Å². The van der Waals surface area contributed by atoms with Gasteiger partial charge in [0.15, 0.2) is 0 Å². The number of hydrogen-bond acceptors (Lipinski definition) is 3. The molecule has 5 nitrogen and oxygen atoms in total. The van der Waals surface area contributed by atoms with Crippen LogP contribution in [0, 0.1) is 0 Å². The summed E-state index contributed by atoms with van der Waals surface area (Å²) in [7, 11) is 1.84. The van der Waals surface area contributed by atoms with Gasteiger partial charge in [-0.3, -0.25) is 4.79 Å². The van der Waals surface area contributed by atoms with Crippen LogP contribution in [0.25, 0.3) is 10.9 Å². The van der Waals surface area contributed by atoms with Gasteiger partial charge in [0.2, 0.25) is 0 Å². The number of benzene rings is 1. The molecular formula is C16H15ClN4O. The number of hydrogen-bond donors (Lipinski definition) is 1. The standard InChI is InChI=1S/C16H15ClN4O/c1-10(15-18-6-3-7-19-15)20-16(22)14-8-11-4-5-12(17)9-13(11)21(14)2/h3-10H,1-2H3,(H,20,22). The van der Waals surface area contributed by atoms with Crippen molar-refractivity contribution in [3.05, 3.63) is 59.3 Å². The third kappa shape index (κ3) is 2.67. The van der Waals surface area contributed by atoms with E-state index in [0.29, 0.717) is 16.5 Å². The van der Waals surface area contributed by atoms with Crippen molar-refractivity contribution in [3.8, 4) is 0 Å². The maximum absolute atomic E-state index is 12.5. The number of aryl methyl sites for hydroxylation is 1. The monoisotopic (exact) mass is 314 g/mol. The Bertz CT molecular complexity index is 829. The Morgan fingerprint density at radius 2 is 2.00 bits per heavy atom. The van der Waals surface area contributed by atoms with Gasteiger partial charge < -0.3 is 9.88 Å². The fourth-order valence-corrected chi connectivity index (χ4v) is 2.56. The molecule has 6 heteroatoms. The van der Waals surface area contributed by atoms with Crippen molar-refractivity contribution in [3.63, 3.8) is 0 Å². The van der Waals surface area contributed by atoms with E-state index in [-0.39, 0.29) is 11.9 Å². The van der Waals surface area contributed by atoms with Crippen molar-refractivity contribution in [2.24, 2.45) is 7.05 Å². The molecule has 0 bridgehead atoms. The van der Waals surface area contributed by atoms with Crippen LogP contribution in [-0.2, 0) is 7.05 Å². The fourth-order valence-electron chi connectivity index (χ4n) is 2.39. The summed E-state index contributed by atoms with van der Waals surface area (Å²) in [6.07, 6.45) is 3.31. The molecular weight excluding hydrogens is 300 g/mol. The first-order valence-electron chi connectivity index (χ1n) is 6.89. The molecule has 1 amide bonds. The maximum atomic E-state index is 12.5. The van der Waals surface area contributed by atoms with Gasteiger partial charge in [0.05, 0.1) is 6.04 Å². The molecule has 2 aromatic heterocycles. The van der Waals surface area contributed by atoms with Crippen LogP contribution in [0.5, 0.6) is 0 Å². The van der Waals surface area contributed by atoms with Gasteiger partial charge in [-0.2, -0.15) is 0 Å². The van der Waals surface area contributed by atoms with Gasteiger partial charge in [-0.15, -0.1) is 0 Å². The first-order chi connectivity index (χ1) is 10.6. The van der Waals surface area contributed by atoms with Gasteiger partial charge in [0, 0.05) is 35.4 Å². The van der Waals surface area contributed by atoms with Crippen LogP contribution >= 0.6 is 11.6 Å². The minimum Gasteiger partial charge on any atom is -0.341 e. The van der Waals surface area contributed by atoms with E-state index in [9.17, 15) is 4.79 Å². The first kappa shape index (κ1) is 14.5. The van der Waals surface area contributed by atoms with Gasteiger partial charge in [-0.05, 0) is 31.2 Å². The highest BCUT2D eigenvalue weighted by Crippen LogP contribution is 2.23. The summed E-state index contributed by atoms with van der Waals surface area (Å²) in [5.41, 5.74) is 1.49. The van der Waals surface area contributed by atoms with Gasteiger partial charge in [0.25, 0.3) is 5.91 Å². The van der Waals surface area contributed by atoms with E-state index in [4.69, 9.17) is 11.6 Å². The van der Waals surface area contributed by atoms with Crippen LogP contribution in [-0.4, -0.2) is 20.4 Å². The number of aromatic nitrogens is 3. The van der Waals surface area contributed by atoms with Crippen LogP contribution in [0.15, 0.2) is 42.7 Å². The molecule has 1 atom stereocenters. The Hall–Kier alpha value is -2.40. The molecule has 0 saturated heterocycles. The number of carbonyl (C=O) groups is 1. The number of amides is 1. The molecule has 0 aliphatic heterocycles. The Kier molecular flexibility index (Phi) is 3.81. The van der Waals surface area contributed by atoms with Gasteiger partial charge in [-0.1, -0.05) is 17.7 Å². The predicted molar refractivity (Wildman–Crippen MR) is 85.8 cm³/mol. The average molecular weight is 315 g/mol. The second kappa shape index (κ2) is 5.77. The largest absolute Gasteiger partial charge is 0.341 e. The number of halogens is 1. The van der Waals surface area contributed by atoms with E-state index in [0.717, 1.165) is 10.9 Å². The normalized spacial score (nSPS) is 12.3. The SMILES string of the molecule is CC(NC(=O)c1cc2ccc(Cl)cc2n1C)c1ncccn1. The van der Waals surface area contributed by atoms with Gasteiger partial charge in [-0.25, -0.2) is 9.97 Å². The number of nitrogens with zero attached hydrogens (tertiary/aromatic N) is 3. The third-order valence-electron chi connectivity index (χ3n) is 3.56. The van der Waals surface area contributed by atoms with Crippen molar-refractivity contribution in [1.29, 1.82) is 0 Å². The lowest BCUT2D eigenvalue weighted by Crippen LogP contribution is -2.29. The quantitative estimate of drug-likeness (QED) is 0.808. The number of rotatable bonds is 3. The Morgan fingerprint density at radius 1 is 1.27 bits per heavy atom. The maximum Gasteiger partial charge on any atom is 0.268 e. The van der Waals surface area contributed by atoms with Crippen molar-refractivity contribution in [1.82, 2.24) is 19.9 Å². The van der Waals surface area contributed by atoms with Crippen molar-refractivity contribution >= 4 is 28.4 Å². The Balaban J connectivity index is 1.88. The molecule has 0 aliphatic carbocycles. The zero-order chi connectivity index (χ0) is 15.7. The summed E-state index contributed by atoms with van der Waals surface area (Å²) in [4.78, 5) is 20.8. The lowest BCUT2D eigenvalue weighted by atomic mass is 10.2. The van der Waals surface area contributed by atoms with Crippen LogP contribution < -0.4 is 5.32 Å². The average Bonchev–Trinajstić information content (AvgIpc) is 2.85. The molecule has 22 heavy (non-hydrogen) atoms. The molecule has 1 N–H and O–H groups in total. The topological polar surface area (TPSA) is 59.8 Å². The Labute approximate surface area is 133 Å². The molecule has 0 fully saturated rings. The summed E-state index contributed by atoms with van der Waals surface area (Å²) in [6.45, 7) is 1.85. The number of carbonyl (C=O) groups excluding carboxylic acids is 1. The minimum atomic E-state index is -0.268. The van der Waals surface area contributed by atoms with Crippen LogP contribution in [0.2, 0.25) is 5.02 Å². The Morgan fingerprint density at radius 3 is 2.73 bits per heavy atom. The molecule has 1 unspecified atom stereocenters. The summed E-state index contributed by atoms with van der Waals surface area (Å²) in [5.74, 6) is 0.410. The second-order valence-corrected chi connectivity index (χ2v) is 5.53. The highest BCUT2D eigenvalue weighted by Gasteiger charge is 2.17. The van der Waals surface area contributed by atoms with Crippen molar-refractivity contribution in [2.75, 3.05) is 0 Å². The molecule has 1 aromatic carbocycles. The molecule has 3 rings (SSSR count). The van der Waals surface area contributed by atoms with E-state index in [1.165, 1.54) is 0 Å². The molecule has 0 radical (unpaired) electrons. The summed E-state index contributed by atoms with van der Waals surface area (Å²) >= 11 is 6.01. The minimum absolute atomic E-state index is 0.172. The summed E-state index contributed by atoms with van der Waals surface area (Å²) in [5, 5.41) is 4.53. The van der Waals surface area contributed by atoms with Gasteiger partial charge >= 0.3 is 0 Å². The second-order valence-electron chi connectivity index (χ2n) is 5.09. The lowest BCUT2D eigenvalue weighted by Gasteiger charge is -2.12. The number of nitrogens with one attached hydrogen (secondary N) is 1. The van der Waals surface area contributed by atoms with E-state index < -0.39 is 0 Å². The van der Waals surface area contributed by atoms with E-state index in [2.05, 4.69) is 15.3 Å². The third-order valence-corrected chi connectivity index (χ3v) is 3.80. The highest BCUT2D eigenvalue weighted by molar-refractivity contribution is 6.31. The molecule has 0 saturated carbocycles. The highest BCUT2D eigenvalue weighted by atomic mass is 35.5. The fraction of sp³-hybridized carbons (Fsp3) is 0.188. The molecule has 112 valence electrons. The summed E-state index contributed by atoms with van der Waals surface area (Å²) < 4.78 is 1.83. The zero-order valence-electron chi connectivity index (χ0n) is 12.2. The smallest absolute Gasteiger partial charge is 0.268 e. The van der Waals surface area contributed by atoms with E-state index in [1.54, 1.807) is 18.5 Å². The molecule has 0 spiro atoms. The zero-order valence-corrected chi connectivity index (χ0v) is 13.0. The van der Waals surface area contributed by atoms with Crippen molar-refractivity contribution in [2.45, 2.75) is 13.0 Å². The lowest BCUT2D eigenvalue weighted by molar-refractivity contribution is 0.0930. The molecule has 2 heterocycles. The molecule has 3 aromatic rings. The van der Waals surface area contributed by atoms with Crippen LogP contribution in [0.4, 0.5) is 0 Å². The van der Waals surface area contributed by atoms with Crippen LogP contribution in [0.3, 0.4) is 0 Å². The first-order valence-corrected chi connectivity index (χ1v) is 7.27. The molecule has 0 aliphatic rings. The number of fused-ring (bicyclic) bond motifs is 1. The van der Waals surface area contributed by atoms with E-state index >= 15 is 0 Å². The summed E-state index contributed by atoms with van der Waals surface area (Å²) in [6, 6.07) is 8.88. The van der Waals surface area contributed by atoms with Crippen molar-refractivity contribution < 1.29 is 4.79 Å². The van der Waals surface area contributed by atoms with Gasteiger partial charge in [0.1, 0.15) is 11.5 Å².